The first-order valence-corrected chi connectivity index (χ1v) is 8.51. The van der Waals surface area contributed by atoms with E-state index in [9.17, 15) is 4.79 Å². The number of carbonyl (C=O) groups is 1. The van der Waals surface area contributed by atoms with Crippen LogP contribution in [0.25, 0.3) is 5.82 Å². The summed E-state index contributed by atoms with van der Waals surface area (Å²) in [6, 6.07) is 11.0. The predicted molar refractivity (Wildman–Crippen MR) is 102 cm³/mol. The van der Waals surface area contributed by atoms with Crippen molar-refractivity contribution in [3.8, 4) is 5.82 Å². The topological polar surface area (TPSA) is 115 Å². The van der Waals surface area contributed by atoms with Crippen LogP contribution in [0.4, 0.5) is 17.2 Å². The molecule has 140 valence electrons. The molecule has 0 fully saturated rings. The standard InChI is InChI=1S/C18H17N9O/c1-13-22-16(9-17(23-13)27-8-2-7-20-27)24-14-3-5-15(6-4-14)25-18(28)10-26-12-19-11-21-26/h2-9,11-12H,10H2,1H3,(H,25,28)(H,22,23,24). The summed E-state index contributed by atoms with van der Waals surface area (Å²) in [5.41, 5.74) is 1.52. The lowest BCUT2D eigenvalue weighted by atomic mass is 10.2. The predicted octanol–water partition coefficient (Wildman–Crippen LogP) is 1.94. The maximum Gasteiger partial charge on any atom is 0.246 e. The van der Waals surface area contributed by atoms with Gasteiger partial charge >= 0.3 is 0 Å². The highest BCUT2D eigenvalue weighted by molar-refractivity contribution is 5.90. The molecule has 0 aliphatic rings. The molecule has 1 aromatic carbocycles. The Kier molecular flexibility index (Phi) is 4.74. The normalized spacial score (nSPS) is 10.6. The molecule has 0 saturated carbocycles. The maximum absolute atomic E-state index is 12.0. The van der Waals surface area contributed by atoms with Crippen molar-refractivity contribution in [2.24, 2.45) is 0 Å². The van der Waals surface area contributed by atoms with Crippen LogP contribution in [0.5, 0.6) is 0 Å². The van der Waals surface area contributed by atoms with Gasteiger partial charge in [-0.3, -0.25) is 4.79 Å². The van der Waals surface area contributed by atoms with Crippen LogP contribution in [0.3, 0.4) is 0 Å². The van der Waals surface area contributed by atoms with Crippen molar-refractivity contribution >= 4 is 23.1 Å². The van der Waals surface area contributed by atoms with E-state index in [4.69, 9.17) is 0 Å². The van der Waals surface area contributed by atoms with E-state index in [1.165, 1.54) is 17.3 Å². The zero-order chi connectivity index (χ0) is 19.3. The fourth-order valence-corrected chi connectivity index (χ4v) is 2.58. The van der Waals surface area contributed by atoms with Crippen molar-refractivity contribution < 1.29 is 4.79 Å². The summed E-state index contributed by atoms with van der Waals surface area (Å²) in [5, 5.41) is 14.1. The van der Waals surface area contributed by atoms with Gasteiger partial charge in [0.2, 0.25) is 5.91 Å². The molecule has 10 nitrogen and oxygen atoms in total. The molecule has 0 atom stereocenters. The minimum Gasteiger partial charge on any atom is -0.340 e. The van der Waals surface area contributed by atoms with Crippen molar-refractivity contribution in [2.75, 3.05) is 10.6 Å². The maximum atomic E-state index is 12.0. The summed E-state index contributed by atoms with van der Waals surface area (Å²) >= 11 is 0. The van der Waals surface area contributed by atoms with Gasteiger partial charge in [0.15, 0.2) is 5.82 Å². The van der Waals surface area contributed by atoms with E-state index >= 15 is 0 Å². The Hall–Kier alpha value is -4.08. The van der Waals surface area contributed by atoms with Crippen molar-refractivity contribution in [1.82, 2.24) is 34.5 Å². The Balaban J connectivity index is 1.42. The molecular weight excluding hydrogens is 358 g/mol. The molecule has 4 rings (SSSR count). The fraction of sp³-hybridized carbons (Fsp3) is 0.111. The Labute approximate surface area is 160 Å². The molecule has 28 heavy (non-hydrogen) atoms. The summed E-state index contributed by atoms with van der Waals surface area (Å²) in [4.78, 5) is 24.6. The Morgan fingerprint density at radius 3 is 2.64 bits per heavy atom. The van der Waals surface area contributed by atoms with Crippen LogP contribution in [-0.2, 0) is 11.3 Å². The van der Waals surface area contributed by atoms with Crippen LogP contribution >= 0.6 is 0 Å². The van der Waals surface area contributed by atoms with Crippen molar-refractivity contribution in [3.63, 3.8) is 0 Å². The second-order valence-electron chi connectivity index (χ2n) is 5.95. The average Bonchev–Trinajstić information content (AvgIpc) is 3.37. The van der Waals surface area contributed by atoms with Gasteiger partial charge in [-0.2, -0.15) is 10.2 Å². The highest BCUT2D eigenvalue weighted by Gasteiger charge is 2.06. The van der Waals surface area contributed by atoms with Gasteiger partial charge in [-0.1, -0.05) is 0 Å². The van der Waals surface area contributed by atoms with Crippen LogP contribution in [0.2, 0.25) is 0 Å². The van der Waals surface area contributed by atoms with E-state index in [0.29, 0.717) is 23.1 Å². The van der Waals surface area contributed by atoms with E-state index in [1.807, 2.05) is 49.5 Å². The smallest absolute Gasteiger partial charge is 0.246 e. The molecule has 0 saturated heterocycles. The number of benzene rings is 1. The molecule has 10 heteroatoms. The van der Waals surface area contributed by atoms with Gasteiger partial charge in [-0.15, -0.1) is 0 Å². The Morgan fingerprint density at radius 2 is 1.93 bits per heavy atom. The number of carbonyl (C=O) groups excluding carboxylic acids is 1. The molecule has 0 aliphatic heterocycles. The molecule has 1 amide bonds. The summed E-state index contributed by atoms with van der Waals surface area (Å²) in [7, 11) is 0. The van der Waals surface area contributed by atoms with Crippen molar-refractivity contribution in [3.05, 3.63) is 67.3 Å². The molecule has 0 aliphatic carbocycles. The number of aryl methyl sites for hydroxylation is 1. The molecule has 0 spiro atoms. The van der Waals surface area contributed by atoms with Crippen LogP contribution in [-0.4, -0.2) is 40.4 Å². The lowest BCUT2D eigenvalue weighted by Gasteiger charge is -2.10. The van der Waals surface area contributed by atoms with Gasteiger partial charge in [-0.25, -0.2) is 24.3 Å². The minimum absolute atomic E-state index is 0.108. The quantitative estimate of drug-likeness (QED) is 0.529. The van der Waals surface area contributed by atoms with Crippen LogP contribution < -0.4 is 10.6 Å². The van der Waals surface area contributed by atoms with Crippen molar-refractivity contribution in [1.29, 1.82) is 0 Å². The van der Waals surface area contributed by atoms with E-state index in [-0.39, 0.29) is 12.5 Å². The highest BCUT2D eigenvalue weighted by Crippen LogP contribution is 2.19. The zero-order valence-electron chi connectivity index (χ0n) is 15.0. The van der Waals surface area contributed by atoms with Crippen LogP contribution in [0.15, 0.2) is 61.4 Å². The number of nitrogens with one attached hydrogen (secondary N) is 2. The third-order valence-corrected chi connectivity index (χ3v) is 3.78. The SMILES string of the molecule is Cc1nc(Nc2ccc(NC(=O)Cn3cncn3)cc2)cc(-n2cccn2)n1. The molecule has 0 unspecified atom stereocenters. The summed E-state index contributed by atoms with van der Waals surface area (Å²) in [6.07, 6.45) is 6.40. The summed E-state index contributed by atoms with van der Waals surface area (Å²) < 4.78 is 3.13. The van der Waals surface area contributed by atoms with E-state index in [0.717, 1.165) is 5.69 Å². The Morgan fingerprint density at radius 1 is 1.11 bits per heavy atom. The molecule has 0 radical (unpaired) electrons. The van der Waals surface area contributed by atoms with E-state index in [1.54, 1.807) is 10.9 Å². The molecule has 0 bridgehead atoms. The molecular formula is C18H17N9O. The molecule has 3 heterocycles. The first-order valence-electron chi connectivity index (χ1n) is 8.51. The number of amides is 1. The van der Waals surface area contributed by atoms with Crippen LogP contribution in [0, 0.1) is 6.92 Å². The van der Waals surface area contributed by atoms with Crippen molar-refractivity contribution in [2.45, 2.75) is 13.5 Å². The monoisotopic (exact) mass is 375 g/mol. The number of hydrogen-bond acceptors (Lipinski definition) is 7. The van der Waals surface area contributed by atoms with E-state index in [2.05, 4.69) is 35.8 Å². The lowest BCUT2D eigenvalue weighted by molar-refractivity contribution is -0.116. The second kappa shape index (κ2) is 7.66. The largest absolute Gasteiger partial charge is 0.340 e. The zero-order valence-corrected chi connectivity index (χ0v) is 15.0. The minimum atomic E-state index is -0.179. The third kappa shape index (κ3) is 4.18. The molecule has 4 aromatic rings. The Bertz CT molecular complexity index is 1060. The van der Waals surface area contributed by atoms with Crippen LogP contribution in [0.1, 0.15) is 5.82 Å². The average molecular weight is 375 g/mol. The highest BCUT2D eigenvalue weighted by atomic mass is 16.2. The van der Waals surface area contributed by atoms with Gasteiger partial charge < -0.3 is 10.6 Å². The first-order chi connectivity index (χ1) is 13.7. The summed E-state index contributed by atoms with van der Waals surface area (Å²) in [5.74, 6) is 1.78. The van der Waals surface area contributed by atoms with Gasteiger partial charge in [0.1, 0.15) is 30.8 Å². The first kappa shape index (κ1) is 17.3. The van der Waals surface area contributed by atoms with Gasteiger partial charge in [0.05, 0.1) is 0 Å². The number of anilines is 3. The number of rotatable bonds is 6. The second-order valence-corrected chi connectivity index (χ2v) is 5.95. The fourth-order valence-electron chi connectivity index (χ4n) is 2.58. The number of aromatic nitrogens is 7. The summed E-state index contributed by atoms with van der Waals surface area (Å²) in [6.45, 7) is 1.93. The lowest BCUT2D eigenvalue weighted by Crippen LogP contribution is -2.18. The number of nitrogens with zero attached hydrogens (tertiary/aromatic N) is 7. The van der Waals surface area contributed by atoms with Gasteiger partial charge in [0, 0.05) is 29.8 Å². The van der Waals surface area contributed by atoms with E-state index < -0.39 is 0 Å². The number of hydrogen-bond donors (Lipinski definition) is 2. The molecule has 3 aromatic heterocycles. The molecule has 2 N–H and O–H groups in total. The third-order valence-electron chi connectivity index (χ3n) is 3.78. The van der Waals surface area contributed by atoms with Gasteiger partial charge in [0.25, 0.3) is 0 Å². The van der Waals surface area contributed by atoms with Gasteiger partial charge in [-0.05, 0) is 37.3 Å².